The molecule has 1 saturated heterocycles. The summed E-state index contributed by atoms with van der Waals surface area (Å²) in [7, 11) is -2.38. The standard InChI is InChI=1S/C25H26FN3O2.C7H8O3S/c1-17-15-28(16-27-17)23-11-6-19(14-24(23)31-3)13-21-5-4-12-29(25(21)30)18(2)20-7-9-22(26)10-8-20;1-6-2-4-7(5-3-6)11(8,9)10/h6-11,13-16,18H,4-5,12H2,1-3H3;2-5H,1H3,(H,8,9,10)/b21-13+;/t18-;/m0./s1. The Kier molecular flexibility index (Phi) is 9.59. The van der Waals surface area contributed by atoms with Gasteiger partial charge in [0.2, 0.25) is 5.91 Å². The van der Waals surface area contributed by atoms with Crippen LogP contribution in [0.3, 0.4) is 0 Å². The molecule has 1 fully saturated rings. The Balaban J connectivity index is 0.000000310. The molecule has 10 heteroatoms. The number of carbonyl (C=O) groups is 1. The number of benzene rings is 3. The summed E-state index contributed by atoms with van der Waals surface area (Å²) in [4.78, 5) is 19.3. The topological polar surface area (TPSA) is 102 Å². The number of ether oxygens (including phenoxy) is 1. The number of rotatable bonds is 6. The second kappa shape index (κ2) is 13.1. The Morgan fingerprint density at radius 1 is 1.05 bits per heavy atom. The quantitative estimate of drug-likeness (QED) is 0.208. The molecule has 0 saturated carbocycles. The Bertz CT molecular complexity index is 1680. The summed E-state index contributed by atoms with van der Waals surface area (Å²) in [6.45, 7) is 6.46. The first kappa shape index (κ1) is 30.7. The summed E-state index contributed by atoms with van der Waals surface area (Å²) in [5, 5.41) is 0. The lowest BCUT2D eigenvalue weighted by atomic mass is 9.97. The van der Waals surface area contributed by atoms with Crippen molar-refractivity contribution in [3.63, 3.8) is 0 Å². The van der Waals surface area contributed by atoms with Crippen molar-refractivity contribution in [3.05, 3.63) is 113 Å². The zero-order chi connectivity index (χ0) is 30.4. The van der Waals surface area contributed by atoms with Crippen molar-refractivity contribution in [2.75, 3.05) is 13.7 Å². The minimum Gasteiger partial charge on any atom is -0.495 e. The van der Waals surface area contributed by atoms with Crippen LogP contribution in [0.15, 0.2) is 89.7 Å². The van der Waals surface area contributed by atoms with Crippen molar-refractivity contribution >= 4 is 22.1 Å². The van der Waals surface area contributed by atoms with E-state index < -0.39 is 10.1 Å². The first-order chi connectivity index (χ1) is 20.0. The molecule has 1 aliphatic heterocycles. The van der Waals surface area contributed by atoms with Crippen molar-refractivity contribution in [2.45, 2.75) is 44.6 Å². The Morgan fingerprint density at radius 3 is 2.33 bits per heavy atom. The lowest BCUT2D eigenvalue weighted by Gasteiger charge is -2.34. The molecular formula is C32H34FN3O5S. The van der Waals surface area contributed by atoms with Crippen LogP contribution in [0.4, 0.5) is 4.39 Å². The lowest BCUT2D eigenvalue weighted by molar-refractivity contribution is -0.130. The van der Waals surface area contributed by atoms with E-state index in [0.717, 1.165) is 46.5 Å². The fourth-order valence-electron chi connectivity index (χ4n) is 4.72. The molecule has 1 aromatic heterocycles. The van der Waals surface area contributed by atoms with E-state index in [4.69, 9.17) is 9.29 Å². The minimum atomic E-state index is -4.02. The van der Waals surface area contributed by atoms with Gasteiger partial charge in [-0.25, -0.2) is 9.37 Å². The molecule has 4 aromatic rings. The van der Waals surface area contributed by atoms with Crippen molar-refractivity contribution in [3.8, 4) is 11.4 Å². The van der Waals surface area contributed by atoms with Crippen molar-refractivity contribution in [2.24, 2.45) is 0 Å². The van der Waals surface area contributed by atoms with Crippen molar-refractivity contribution in [1.29, 1.82) is 0 Å². The highest BCUT2D eigenvalue weighted by Gasteiger charge is 2.28. The first-order valence-electron chi connectivity index (χ1n) is 13.5. The van der Waals surface area contributed by atoms with Gasteiger partial charge in [0, 0.05) is 18.3 Å². The van der Waals surface area contributed by atoms with Gasteiger partial charge in [0.25, 0.3) is 10.1 Å². The fourth-order valence-corrected chi connectivity index (χ4v) is 5.20. The molecule has 1 atom stereocenters. The average Bonchev–Trinajstić information content (AvgIpc) is 3.40. The molecule has 3 aromatic carbocycles. The number of nitrogens with zero attached hydrogens (tertiary/aromatic N) is 3. The number of carbonyl (C=O) groups excluding carboxylic acids is 1. The summed E-state index contributed by atoms with van der Waals surface area (Å²) in [5.74, 6) is 0.465. The molecule has 8 nitrogen and oxygen atoms in total. The molecule has 1 N–H and O–H groups in total. The summed E-state index contributed by atoms with van der Waals surface area (Å²) < 4.78 is 50.3. The van der Waals surface area contributed by atoms with Gasteiger partial charge in [0.1, 0.15) is 11.6 Å². The monoisotopic (exact) mass is 591 g/mol. The molecule has 0 spiro atoms. The Labute approximate surface area is 245 Å². The van der Waals surface area contributed by atoms with Gasteiger partial charge in [-0.2, -0.15) is 8.42 Å². The van der Waals surface area contributed by atoms with Gasteiger partial charge in [0.15, 0.2) is 0 Å². The summed E-state index contributed by atoms with van der Waals surface area (Å²) in [6, 6.07) is 18.1. The van der Waals surface area contributed by atoms with Gasteiger partial charge < -0.3 is 14.2 Å². The number of piperidine rings is 1. The molecule has 42 heavy (non-hydrogen) atoms. The van der Waals surface area contributed by atoms with Crippen LogP contribution >= 0.6 is 0 Å². The largest absolute Gasteiger partial charge is 0.495 e. The van der Waals surface area contributed by atoms with Crippen LogP contribution in [0.1, 0.15) is 48.2 Å². The van der Waals surface area contributed by atoms with Crippen LogP contribution in [0.2, 0.25) is 0 Å². The second-order valence-electron chi connectivity index (χ2n) is 10.1. The number of amides is 1. The van der Waals surface area contributed by atoms with Gasteiger partial charge in [-0.1, -0.05) is 35.9 Å². The summed E-state index contributed by atoms with van der Waals surface area (Å²) >= 11 is 0. The van der Waals surface area contributed by atoms with Gasteiger partial charge in [-0.05, 0) is 87.2 Å². The number of aromatic nitrogens is 2. The van der Waals surface area contributed by atoms with E-state index >= 15 is 0 Å². The number of hydrogen-bond donors (Lipinski definition) is 1. The lowest BCUT2D eigenvalue weighted by Crippen LogP contribution is -2.38. The summed E-state index contributed by atoms with van der Waals surface area (Å²) in [6.07, 6.45) is 7.26. The van der Waals surface area contributed by atoms with Gasteiger partial charge >= 0.3 is 0 Å². The number of imidazole rings is 1. The van der Waals surface area contributed by atoms with Gasteiger partial charge in [0.05, 0.1) is 35.8 Å². The minimum absolute atomic E-state index is 0.0244. The Morgan fingerprint density at radius 2 is 1.74 bits per heavy atom. The third-order valence-corrected chi connectivity index (χ3v) is 7.92. The zero-order valence-corrected chi connectivity index (χ0v) is 24.8. The third kappa shape index (κ3) is 7.51. The van der Waals surface area contributed by atoms with Crippen LogP contribution in [0.5, 0.6) is 5.75 Å². The highest BCUT2D eigenvalue weighted by atomic mass is 32.2. The van der Waals surface area contributed by atoms with Crippen LogP contribution in [-0.2, 0) is 14.9 Å². The predicted octanol–water partition coefficient (Wildman–Crippen LogP) is 6.34. The maximum atomic E-state index is 13.3. The van der Waals surface area contributed by atoms with E-state index in [2.05, 4.69) is 4.98 Å². The second-order valence-corrected chi connectivity index (χ2v) is 11.6. The number of halogens is 1. The summed E-state index contributed by atoms with van der Waals surface area (Å²) in [5.41, 5.74) is 5.39. The van der Waals surface area contributed by atoms with Gasteiger partial charge in [-0.15, -0.1) is 0 Å². The first-order valence-corrected chi connectivity index (χ1v) is 14.9. The maximum absolute atomic E-state index is 13.3. The molecule has 2 heterocycles. The van der Waals surface area contributed by atoms with Crippen LogP contribution in [0.25, 0.3) is 11.8 Å². The normalized spacial score (nSPS) is 15.2. The smallest absolute Gasteiger partial charge is 0.294 e. The molecule has 0 radical (unpaired) electrons. The maximum Gasteiger partial charge on any atom is 0.294 e. The van der Waals surface area contributed by atoms with E-state index in [1.165, 1.54) is 24.3 Å². The van der Waals surface area contributed by atoms with Crippen LogP contribution in [-0.4, -0.2) is 47.0 Å². The van der Waals surface area contributed by atoms with Gasteiger partial charge in [-0.3, -0.25) is 9.35 Å². The molecule has 220 valence electrons. The van der Waals surface area contributed by atoms with E-state index in [1.807, 2.05) is 60.7 Å². The highest BCUT2D eigenvalue weighted by Crippen LogP contribution is 2.30. The van der Waals surface area contributed by atoms with Crippen molar-refractivity contribution < 1.29 is 26.9 Å². The van der Waals surface area contributed by atoms with Crippen LogP contribution < -0.4 is 4.74 Å². The molecule has 0 bridgehead atoms. The fraction of sp³-hybridized carbons (Fsp3) is 0.250. The molecular weight excluding hydrogens is 557 g/mol. The number of hydrogen-bond acceptors (Lipinski definition) is 5. The van der Waals surface area contributed by atoms with Crippen LogP contribution in [0, 0.1) is 19.7 Å². The Hall–Kier alpha value is -4.28. The van der Waals surface area contributed by atoms with E-state index in [1.54, 1.807) is 37.7 Å². The number of aryl methyl sites for hydroxylation is 2. The molecule has 0 aliphatic carbocycles. The van der Waals surface area contributed by atoms with E-state index in [-0.39, 0.29) is 22.7 Å². The van der Waals surface area contributed by atoms with E-state index in [9.17, 15) is 17.6 Å². The predicted molar refractivity (Wildman–Crippen MR) is 160 cm³/mol. The molecule has 0 unspecified atom stereocenters. The van der Waals surface area contributed by atoms with E-state index in [0.29, 0.717) is 12.3 Å². The third-order valence-electron chi connectivity index (χ3n) is 7.05. The highest BCUT2D eigenvalue weighted by molar-refractivity contribution is 7.85. The molecule has 1 amide bonds. The molecule has 1 aliphatic rings. The van der Waals surface area contributed by atoms with Crippen molar-refractivity contribution in [1.82, 2.24) is 14.5 Å². The zero-order valence-electron chi connectivity index (χ0n) is 24.0. The SMILES string of the molecule is COc1cc(/C=C2\CCCN([C@@H](C)c3ccc(F)cc3)C2=O)ccc1-n1cnc(C)c1.Cc1ccc(S(=O)(=O)O)cc1. The average molecular weight is 592 g/mol. The number of methoxy groups -OCH3 is 1. The molecule has 5 rings (SSSR count). The number of likely N-dealkylation sites (tertiary alicyclic amines) is 1.